The zero-order chi connectivity index (χ0) is 18.8. The Hall–Kier alpha value is -1.63. The average molecular weight is 385 g/mol. The number of anilines is 2. The van der Waals surface area contributed by atoms with Crippen molar-refractivity contribution in [1.29, 1.82) is 0 Å². The molecule has 0 spiro atoms. The summed E-state index contributed by atoms with van der Waals surface area (Å²) >= 11 is 1.67. The highest BCUT2D eigenvalue weighted by Gasteiger charge is 2.33. The predicted octanol–water partition coefficient (Wildman–Crippen LogP) is 4.16. The van der Waals surface area contributed by atoms with E-state index in [1.54, 1.807) is 24.2 Å². The van der Waals surface area contributed by atoms with Crippen molar-refractivity contribution in [3.05, 3.63) is 36.2 Å². The molecule has 3 heterocycles. The maximum absolute atomic E-state index is 9.81. The van der Waals surface area contributed by atoms with Crippen LogP contribution in [-0.4, -0.2) is 39.7 Å². The minimum atomic E-state index is 0.320. The summed E-state index contributed by atoms with van der Waals surface area (Å²) in [7, 11) is 0. The number of rotatable bonds is 5. The third kappa shape index (κ3) is 3.98. The van der Waals surface area contributed by atoms with Crippen LogP contribution in [0.25, 0.3) is 0 Å². The van der Waals surface area contributed by atoms with E-state index >= 15 is 0 Å². The Bertz CT molecular complexity index is 800. The van der Waals surface area contributed by atoms with Gasteiger partial charge in [0.15, 0.2) is 5.82 Å². The predicted molar refractivity (Wildman–Crippen MR) is 109 cm³/mol. The fourth-order valence-electron chi connectivity index (χ4n) is 4.52. The van der Waals surface area contributed by atoms with Crippen LogP contribution in [0.3, 0.4) is 0 Å². The molecule has 3 unspecified atom stereocenters. The summed E-state index contributed by atoms with van der Waals surface area (Å²) < 4.78 is 0. The Balaban J connectivity index is 1.48. The van der Waals surface area contributed by atoms with Gasteiger partial charge in [-0.3, -0.25) is 4.90 Å². The van der Waals surface area contributed by atoms with Crippen molar-refractivity contribution in [2.75, 3.05) is 25.0 Å². The van der Waals surface area contributed by atoms with Gasteiger partial charge in [-0.05, 0) is 41.9 Å². The van der Waals surface area contributed by atoms with Crippen LogP contribution in [-0.2, 0) is 6.54 Å². The molecular weight excluding hydrogens is 356 g/mol. The molecule has 1 saturated heterocycles. The van der Waals surface area contributed by atoms with Crippen molar-refractivity contribution < 1.29 is 5.11 Å². The van der Waals surface area contributed by atoms with Gasteiger partial charge in [0, 0.05) is 43.5 Å². The molecule has 3 atom stereocenters. The maximum atomic E-state index is 9.81. The molecule has 0 radical (unpaired) electrons. The van der Waals surface area contributed by atoms with Gasteiger partial charge in [0.25, 0.3) is 0 Å². The highest BCUT2D eigenvalue weighted by molar-refractivity contribution is 7.99. The van der Waals surface area contributed by atoms with Crippen LogP contribution in [0.4, 0.5) is 11.5 Å². The van der Waals surface area contributed by atoms with Gasteiger partial charge < -0.3 is 10.4 Å². The molecule has 6 heteroatoms. The quantitative estimate of drug-likeness (QED) is 0.689. The number of benzene rings is 1. The molecule has 5 nitrogen and oxygen atoms in total. The summed E-state index contributed by atoms with van der Waals surface area (Å²) in [4.78, 5) is 12.5. The number of fused-ring (bicyclic) bond motifs is 2. The van der Waals surface area contributed by atoms with Gasteiger partial charge in [-0.2, -0.15) is 0 Å². The second-order valence-electron chi connectivity index (χ2n) is 7.83. The molecule has 0 saturated carbocycles. The first-order valence-corrected chi connectivity index (χ1v) is 10.7. The third-order valence-electron chi connectivity index (χ3n) is 5.82. The number of aliphatic hydroxyl groups is 1. The second-order valence-corrected chi connectivity index (χ2v) is 8.86. The number of hydrogen-bond acceptors (Lipinski definition) is 6. The van der Waals surface area contributed by atoms with Crippen molar-refractivity contribution in [3.8, 4) is 0 Å². The highest BCUT2D eigenvalue weighted by Crippen LogP contribution is 2.42. The number of nitrogens with zero attached hydrogens (tertiary/aromatic N) is 3. The number of aromatic nitrogens is 2. The maximum Gasteiger partial charge on any atom is 0.163 e. The van der Waals surface area contributed by atoms with E-state index in [1.165, 1.54) is 23.3 Å². The van der Waals surface area contributed by atoms with E-state index < -0.39 is 0 Å². The summed E-state index contributed by atoms with van der Waals surface area (Å²) in [5.41, 5.74) is 2.44. The summed E-state index contributed by atoms with van der Waals surface area (Å²) in [6.07, 6.45) is 5.84. The third-order valence-corrected chi connectivity index (χ3v) is 6.89. The summed E-state index contributed by atoms with van der Waals surface area (Å²) in [5.74, 6) is 2.41. The fraction of sp³-hybridized carbons (Fsp3) is 0.524. The van der Waals surface area contributed by atoms with Crippen LogP contribution >= 0.6 is 11.8 Å². The first kappa shape index (κ1) is 18.7. The number of piperidine rings is 1. The van der Waals surface area contributed by atoms with E-state index in [2.05, 4.69) is 52.2 Å². The largest absolute Gasteiger partial charge is 0.396 e. The number of aliphatic hydroxyl groups excluding tert-OH is 1. The molecule has 0 aliphatic carbocycles. The van der Waals surface area contributed by atoms with Crippen molar-refractivity contribution in [1.82, 2.24) is 14.9 Å². The molecular formula is C21H28N4OS. The van der Waals surface area contributed by atoms with E-state index in [1.807, 2.05) is 0 Å². The van der Waals surface area contributed by atoms with E-state index in [0.29, 0.717) is 24.4 Å². The van der Waals surface area contributed by atoms with Crippen LogP contribution < -0.4 is 5.32 Å². The molecule has 1 fully saturated rings. The van der Waals surface area contributed by atoms with Gasteiger partial charge in [0.05, 0.1) is 5.69 Å². The lowest BCUT2D eigenvalue weighted by Gasteiger charge is -2.42. The van der Waals surface area contributed by atoms with Gasteiger partial charge in [-0.1, -0.05) is 38.1 Å². The number of nitrogens with one attached hydrogen (secondary N) is 1. The molecule has 2 aromatic rings. The Morgan fingerprint density at radius 1 is 1.26 bits per heavy atom. The van der Waals surface area contributed by atoms with E-state index in [-0.39, 0.29) is 0 Å². The summed E-state index contributed by atoms with van der Waals surface area (Å²) in [6, 6.07) is 6.66. The number of likely N-dealkylation sites (tertiary alicyclic amines) is 1. The lowest BCUT2D eigenvalue weighted by Crippen LogP contribution is -2.46. The van der Waals surface area contributed by atoms with Gasteiger partial charge in [-0.15, -0.1) is 0 Å². The Kier molecular flexibility index (Phi) is 5.66. The normalized spacial score (nSPS) is 24.8. The van der Waals surface area contributed by atoms with Gasteiger partial charge >= 0.3 is 0 Å². The first-order chi connectivity index (χ1) is 13.2. The zero-order valence-corrected chi connectivity index (χ0v) is 16.9. The lowest BCUT2D eigenvalue weighted by molar-refractivity contribution is 0.0247. The minimum Gasteiger partial charge on any atom is -0.396 e. The topological polar surface area (TPSA) is 61.3 Å². The van der Waals surface area contributed by atoms with Gasteiger partial charge in [0.1, 0.15) is 5.03 Å². The van der Waals surface area contributed by atoms with Crippen molar-refractivity contribution in [3.63, 3.8) is 0 Å². The monoisotopic (exact) mass is 384 g/mol. The van der Waals surface area contributed by atoms with Crippen LogP contribution in [0.1, 0.15) is 32.3 Å². The standard InChI is InChI=1S/C21H28N4OS/c1-3-4-16-12-25(10-14(2)17(16)13-26)11-15-5-6-19-18(9-15)24-20-21(27-19)23-8-7-22-20/h5-9,14,16-17,26H,3-4,10-13H2,1-2H3,(H,22,24). The molecule has 144 valence electrons. The molecule has 1 aromatic carbocycles. The summed E-state index contributed by atoms with van der Waals surface area (Å²) in [6.45, 7) is 7.94. The van der Waals surface area contributed by atoms with E-state index in [9.17, 15) is 5.11 Å². The van der Waals surface area contributed by atoms with Crippen LogP contribution in [0, 0.1) is 17.8 Å². The van der Waals surface area contributed by atoms with Crippen molar-refractivity contribution in [2.24, 2.45) is 17.8 Å². The van der Waals surface area contributed by atoms with Crippen molar-refractivity contribution >= 4 is 23.3 Å². The summed E-state index contributed by atoms with van der Waals surface area (Å²) in [5, 5.41) is 14.2. The molecule has 4 rings (SSSR count). The second kappa shape index (κ2) is 8.17. The van der Waals surface area contributed by atoms with Gasteiger partial charge in [0.2, 0.25) is 0 Å². The Morgan fingerprint density at radius 3 is 2.93 bits per heavy atom. The minimum absolute atomic E-state index is 0.320. The van der Waals surface area contributed by atoms with Crippen LogP contribution in [0.2, 0.25) is 0 Å². The van der Waals surface area contributed by atoms with Crippen LogP contribution in [0.5, 0.6) is 0 Å². The molecule has 27 heavy (non-hydrogen) atoms. The molecule has 2 aliphatic heterocycles. The molecule has 0 bridgehead atoms. The number of hydrogen-bond donors (Lipinski definition) is 2. The Labute approximate surface area is 165 Å². The van der Waals surface area contributed by atoms with Crippen LogP contribution in [0.15, 0.2) is 40.5 Å². The highest BCUT2D eigenvalue weighted by atomic mass is 32.2. The van der Waals surface area contributed by atoms with E-state index in [0.717, 1.165) is 36.2 Å². The molecule has 1 aromatic heterocycles. The molecule has 0 amide bonds. The molecule has 2 N–H and O–H groups in total. The van der Waals surface area contributed by atoms with Crippen molar-refractivity contribution in [2.45, 2.75) is 43.2 Å². The van der Waals surface area contributed by atoms with Gasteiger partial charge in [-0.25, -0.2) is 9.97 Å². The van der Waals surface area contributed by atoms with E-state index in [4.69, 9.17) is 0 Å². The average Bonchev–Trinajstić information content (AvgIpc) is 2.66. The molecule has 2 aliphatic rings. The Morgan fingerprint density at radius 2 is 2.11 bits per heavy atom. The fourth-order valence-corrected chi connectivity index (χ4v) is 5.40. The smallest absolute Gasteiger partial charge is 0.163 e. The zero-order valence-electron chi connectivity index (χ0n) is 16.1. The SMILES string of the molecule is CCCC1CN(Cc2ccc3c(c2)Nc2nccnc2S3)CC(C)C1CO. The lowest BCUT2D eigenvalue weighted by atomic mass is 9.77. The first-order valence-electron chi connectivity index (χ1n) is 9.90.